The first-order valence-corrected chi connectivity index (χ1v) is 40.5. The molecule has 11 aliphatic rings. The minimum absolute atomic E-state index is 0.0129. The van der Waals surface area contributed by atoms with Gasteiger partial charge in [-0.15, -0.1) is 0 Å². The Kier molecular flexibility index (Phi) is 29.2. The summed E-state index contributed by atoms with van der Waals surface area (Å²) in [6.45, 7) is 42.9. The zero-order valence-corrected chi connectivity index (χ0v) is 70.1. The standard InChI is InChI=1S/C18H30N2O6.C18H32N2O4.C17H27NO4.C16H26N2O3.C13H21NO3/c1-5-25-14(21)10-18(13-20(23)24)11-17(12-18)6-8-19(9-7-17)15(22)26-16(2,3)4;1-5-23-14(21)10-18(13-19)11-17(12-18)6-8-20(9-7-17)15(22)24-16(2,3)4;1-5-21-14(19)10-13-11-17(12-13)6-8-18(9-7-17)15(20)22-16(2,3)4;1-14(2,3)21-13(20)18-6-4-15(5-7-18)9-16(10-15)8-12(19)17-11-16;1-12(2,3)17-11(16)14-6-4-13(5-7-14)8-10(15)9-13/h5-13H2,1-4H3;5-13,19H2,1-4H3;10H,5-9,11-12H2,1-4H3;4-11H2,1-3H3,(H,17,19);4-9H2,1-3H3. The van der Waals surface area contributed by atoms with Crippen molar-refractivity contribution in [2.75, 3.05) is 105 Å². The summed E-state index contributed by atoms with van der Waals surface area (Å²) in [6, 6.07) is 0. The van der Waals surface area contributed by atoms with Crippen molar-refractivity contribution < 1.29 is 90.8 Å². The fourth-order valence-corrected chi connectivity index (χ4v) is 18.9. The first-order valence-electron chi connectivity index (χ1n) is 40.5. The fourth-order valence-electron chi connectivity index (χ4n) is 18.9. The summed E-state index contributed by atoms with van der Waals surface area (Å²) in [5, 5.41) is 14.0. The van der Waals surface area contributed by atoms with Gasteiger partial charge in [-0.25, -0.2) is 28.8 Å². The Morgan fingerprint density at radius 1 is 0.418 bits per heavy atom. The van der Waals surface area contributed by atoms with Crippen molar-refractivity contribution in [2.45, 2.75) is 300 Å². The Morgan fingerprint density at radius 2 is 0.700 bits per heavy atom. The Bertz CT molecular complexity index is 3250. The molecule has 0 unspecified atom stereocenters. The molecule has 5 aliphatic carbocycles. The highest BCUT2D eigenvalue weighted by Gasteiger charge is 2.61. The predicted octanol–water partition coefficient (Wildman–Crippen LogP) is 13.7. The molecule has 3 N–H and O–H groups in total. The molecule has 6 spiro atoms. The maximum Gasteiger partial charge on any atom is 0.410 e. The highest BCUT2D eigenvalue weighted by molar-refractivity contribution is 5.86. The topological polar surface area (TPSA) is 342 Å². The van der Waals surface area contributed by atoms with Crippen LogP contribution in [0.4, 0.5) is 24.0 Å². The third-order valence-corrected chi connectivity index (χ3v) is 23.6. The molecule has 624 valence electrons. The minimum Gasteiger partial charge on any atom is -0.466 e. The number of hydrogen-bond acceptors (Lipinski definition) is 21. The molecule has 5 saturated carbocycles. The van der Waals surface area contributed by atoms with Crippen molar-refractivity contribution >= 4 is 60.1 Å². The molecule has 11 rings (SSSR count). The lowest BCUT2D eigenvalue weighted by Crippen LogP contribution is -2.56. The number of carbonyl (C=O) groups is 10. The number of hydrogen-bond donors (Lipinski definition) is 2. The lowest BCUT2D eigenvalue weighted by Gasteiger charge is -2.58. The number of nitrogens with two attached hydrogens (primary N) is 1. The van der Waals surface area contributed by atoms with Crippen LogP contribution in [0.25, 0.3) is 0 Å². The van der Waals surface area contributed by atoms with Crippen LogP contribution in [-0.4, -0.2) is 222 Å². The summed E-state index contributed by atoms with van der Waals surface area (Å²) in [4.78, 5) is 137. The lowest BCUT2D eigenvalue weighted by molar-refractivity contribution is -0.505. The molecular formula is C82H136N8O20. The van der Waals surface area contributed by atoms with E-state index in [0.717, 1.165) is 174 Å². The van der Waals surface area contributed by atoms with Crippen LogP contribution in [0, 0.1) is 53.4 Å². The average Bonchev–Trinajstić information content (AvgIpc) is 1.23. The summed E-state index contributed by atoms with van der Waals surface area (Å²) >= 11 is 0. The van der Waals surface area contributed by atoms with Crippen molar-refractivity contribution in [3.63, 3.8) is 0 Å². The van der Waals surface area contributed by atoms with E-state index in [1.165, 1.54) is 5.57 Å². The first kappa shape index (κ1) is 90.2. The van der Waals surface area contributed by atoms with Gasteiger partial charge >= 0.3 is 48.4 Å². The second-order valence-corrected chi connectivity index (χ2v) is 39.3. The van der Waals surface area contributed by atoms with E-state index in [2.05, 4.69) is 5.32 Å². The van der Waals surface area contributed by atoms with Crippen LogP contribution in [-0.2, 0) is 61.9 Å². The van der Waals surface area contributed by atoms with Crippen molar-refractivity contribution in [2.24, 2.45) is 49.1 Å². The first-order chi connectivity index (χ1) is 50.8. The molecule has 0 aromatic carbocycles. The second-order valence-electron chi connectivity index (χ2n) is 39.3. The van der Waals surface area contributed by atoms with Gasteiger partial charge in [-0.1, -0.05) is 5.57 Å². The van der Waals surface area contributed by atoms with Crippen molar-refractivity contribution in [3.05, 3.63) is 21.8 Å². The van der Waals surface area contributed by atoms with Gasteiger partial charge in [0.15, 0.2) is 0 Å². The number of nitrogens with zero attached hydrogens (tertiary/aromatic N) is 6. The number of ether oxygens (including phenoxy) is 8. The van der Waals surface area contributed by atoms with E-state index >= 15 is 0 Å². The Labute approximate surface area is 653 Å². The van der Waals surface area contributed by atoms with Crippen LogP contribution in [0.3, 0.4) is 0 Å². The van der Waals surface area contributed by atoms with E-state index in [1.807, 2.05) is 123 Å². The molecule has 6 amide bonds. The number of carbonyl (C=O) groups excluding carboxylic acids is 10. The lowest BCUT2D eigenvalue weighted by atomic mass is 9.48. The zero-order chi connectivity index (χ0) is 82.0. The van der Waals surface area contributed by atoms with E-state index in [-0.39, 0.29) is 111 Å². The van der Waals surface area contributed by atoms with Gasteiger partial charge in [-0.2, -0.15) is 0 Å². The largest absolute Gasteiger partial charge is 0.466 e. The monoisotopic (exact) mass is 1550 g/mol. The molecule has 28 nitrogen and oxygen atoms in total. The second kappa shape index (κ2) is 35.6. The third kappa shape index (κ3) is 26.3. The average molecular weight is 1550 g/mol. The number of Topliss-reactive ketones (excluding diaryl/α,β-unsaturated/α-hetero) is 1. The van der Waals surface area contributed by atoms with Gasteiger partial charge in [0.05, 0.1) is 32.7 Å². The normalized spacial score (nSPS) is 24.3. The SMILES string of the molecule is CC(C)(C)OC(=O)N1CCC2(CC1)CC(=O)C2.CC(C)(C)OC(=O)N1CCC2(CC1)CC1(CNC(=O)C1)C2.CCOC(=O)C=C1CC2(CCN(C(=O)OC(C)(C)C)CC2)C1.CCOC(=O)CC1(CN)CC2(CCN(C(=O)OC(C)(C)C)CC2)C1.CCOC(=O)CC1(C[N+](=O)[O-])CC2(CCN(C(=O)OC(C)(C)C)CC2)C1. The maximum atomic E-state index is 12.2. The van der Waals surface area contributed by atoms with Gasteiger partial charge in [0.1, 0.15) is 33.8 Å². The molecule has 0 bridgehead atoms. The van der Waals surface area contributed by atoms with Gasteiger partial charge in [-0.05, 0) is 285 Å². The number of nitro groups is 1. The van der Waals surface area contributed by atoms with Gasteiger partial charge < -0.3 is 73.4 Å². The third-order valence-electron chi connectivity index (χ3n) is 23.6. The highest BCUT2D eigenvalue weighted by Crippen LogP contribution is 2.64. The zero-order valence-electron chi connectivity index (χ0n) is 70.1. The summed E-state index contributed by atoms with van der Waals surface area (Å²) in [7, 11) is 0. The number of nitrogens with one attached hydrogen (secondary N) is 1. The Balaban J connectivity index is 0.000000192. The highest BCUT2D eigenvalue weighted by atomic mass is 16.6. The molecule has 0 atom stereocenters. The number of ketones is 1. The molecule has 0 aromatic rings. The van der Waals surface area contributed by atoms with E-state index in [4.69, 9.17) is 43.6 Å². The molecule has 11 fully saturated rings. The van der Waals surface area contributed by atoms with Crippen LogP contribution in [0.2, 0.25) is 0 Å². The van der Waals surface area contributed by atoms with E-state index in [1.54, 1.807) is 32.6 Å². The maximum absolute atomic E-state index is 12.2. The minimum atomic E-state index is -0.607. The number of piperidine rings is 5. The van der Waals surface area contributed by atoms with Crippen LogP contribution in [0.15, 0.2) is 11.6 Å². The molecule has 110 heavy (non-hydrogen) atoms. The molecular weight excluding hydrogens is 1420 g/mol. The molecule has 6 saturated heterocycles. The summed E-state index contributed by atoms with van der Waals surface area (Å²) in [6.07, 6.45) is 19.9. The number of allylic oxidation sites excluding steroid dienone is 1. The van der Waals surface area contributed by atoms with E-state index in [0.29, 0.717) is 69.7 Å². The van der Waals surface area contributed by atoms with Crippen molar-refractivity contribution in [3.8, 4) is 0 Å². The molecule has 0 radical (unpaired) electrons. The van der Waals surface area contributed by atoms with Gasteiger partial charge in [0, 0.05) is 108 Å². The van der Waals surface area contributed by atoms with Crippen LogP contribution < -0.4 is 11.1 Å². The van der Waals surface area contributed by atoms with E-state index < -0.39 is 33.4 Å². The van der Waals surface area contributed by atoms with E-state index in [9.17, 15) is 58.1 Å². The number of amides is 6. The number of esters is 3. The number of rotatable bonds is 11. The van der Waals surface area contributed by atoms with Gasteiger partial charge in [-0.3, -0.25) is 29.3 Å². The summed E-state index contributed by atoms with van der Waals surface area (Å²) in [5.74, 6) is -0.176. The molecule has 6 aliphatic heterocycles. The molecule has 6 heterocycles. The number of likely N-dealkylation sites (tertiary alicyclic amines) is 5. The predicted molar refractivity (Wildman–Crippen MR) is 412 cm³/mol. The summed E-state index contributed by atoms with van der Waals surface area (Å²) in [5.41, 5.74) is 5.42. The van der Waals surface area contributed by atoms with Crippen molar-refractivity contribution in [1.82, 2.24) is 29.8 Å². The Morgan fingerprint density at radius 3 is 0.964 bits per heavy atom. The van der Waals surface area contributed by atoms with Crippen LogP contribution >= 0.6 is 0 Å². The van der Waals surface area contributed by atoms with Crippen LogP contribution in [0.5, 0.6) is 0 Å². The van der Waals surface area contributed by atoms with Crippen LogP contribution in [0.1, 0.15) is 272 Å². The van der Waals surface area contributed by atoms with Crippen molar-refractivity contribution in [1.29, 1.82) is 0 Å². The van der Waals surface area contributed by atoms with Gasteiger partial charge in [0.2, 0.25) is 12.5 Å². The molecule has 28 heteroatoms. The Hall–Kier alpha value is -7.00. The summed E-state index contributed by atoms with van der Waals surface area (Å²) < 4.78 is 42.0. The fraction of sp³-hybridized carbons (Fsp3) is 0.854. The molecule has 0 aromatic heterocycles. The quantitative estimate of drug-likeness (QED) is 0.0638. The van der Waals surface area contributed by atoms with Gasteiger partial charge in [0.25, 0.3) is 0 Å². The smallest absolute Gasteiger partial charge is 0.410 e.